The number of fused-ring (bicyclic) bond motifs is 1. The van der Waals surface area contributed by atoms with Crippen LogP contribution in [0.5, 0.6) is 0 Å². The lowest BCUT2D eigenvalue weighted by molar-refractivity contribution is -0.139. The van der Waals surface area contributed by atoms with Crippen LogP contribution in [-0.4, -0.2) is 29.7 Å². The second-order valence-corrected chi connectivity index (χ2v) is 8.42. The number of hydrogen-bond donors (Lipinski definition) is 1. The smallest absolute Gasteiger partial charge is 0.331 e. The van der Waals surface area contributed by atoms with Gasteiger partial charge in [0, 0.05) is 17.3 Å². The zero-order valence-electron chi connectivity index (χ0n) is 18.6. The van der Waals surface area contributed by atoms with Crippen molar-refractivity contribution in [1.82, 2.24) is 23.7 Å². The summed E-state index contributed by atoms with van der Waals surface area (Å²) in [6.45, 7) is 3.97. The molecule has 3 aromatic heterocycles. The number of nitrogens with one attached hydrogen (secondary N) is 1. The fourth-order valence-corrected chi connectivity index (χ4v) is 4.04. The second kappa shape index (κ2) is 9.36. The average molecular weight is 468 g/mol. The van der Waals surface area contributed by atoms with Crippen LogP contribution in [0.15, 0.2) is 66.7 Å². The van der Waals surface area contributed by atoms with Crippen LogP contribution in [0.25, 0.3) is 39.8 Å². The SMILES string of the molecule is Cc1ccc(/C=C/C(=O)OCc2nc(-c3ccc4nsnc4c3)c(-c3cccc(C)n3)[nH]2)cc1. The quantitative estimate of drug-likeness (QED) is 0.261. The van der Waals surface area contributed by atoms with Crippen molar-refractivity contribution in [3.63, 3.8) is 0 Å². The average Bonchev–Trinajstić information content (AvgIpc) is 3.49. The number of aromatic nitrogens is 5. The minimum Gasteiger partial charge on any atom is -0.454 e. The molecule has 0 amide bonds. The number of imidazole rings is 1. The highest BCUT2D eigenvalue weighted by molar-refractivity contribution is 7.00. The molecule has 0 aliphatic heterocycles. The Hall–Kier alpha value is -4.17. The van der Waals surface area contributed by atoms with E-state index in [1.54, 1.807) is 6.08 Å². The van der Waals surface area contributed by atoms with Crippen molar-refractivity contribution in [2.75, 3.05) is 0 Å². The molecule has 7 nitrogen and oxygen atoms in total. The Morgan fingerprint density at radius 3 is 2.65 bits per heavy atom. The van der Waals surface area contributed by atoms with E-state index in [-0.39, 0.29) is 6.61 Å². The molecule has 0 fully saturated rings. The number of carbonyl (C=O) groups is 1. The minimum absolute atomic E-state index is 0.0103. The van der Waals surface area contributed by atoms with Crippen molar-refractivity contribution in [2.24, 2.45) is 0 Å². The summed E-state index contributed by atoms with van der Waals surface area (Å²) >= 11 is 1.17. The van der Waals surface area contributed by atoms with Gasteiger partial charge in [0.25, 0.3) is 0 Å². The summed E-state index contributed by atoms with van der Waals surface area (Å²) in [5.41, 5.74) is 7.76. The number of ether oxygens (including phenoxy) is 1. The Morgan fingerprint density at radius 2 is 1.82 bits per heavy atom. The first kappa shape index (κ1) is 21.7. The van der Waals surface area contributed by atoms with Crippen LogP contribution in [0.4, 0.5) is 0 Å². The maximum Gasteiger partial charge on any atom is 0.331 e. The molecule has 2 aromatic carbocycles. The topological polar surface area (TPSA) is 93.7 Å². The molecule has 3 heterocycles. The molecule has 0 unspecified atom stereocenters. The highest BCUT2D eigenvalue weighted by Crippen LogP contribution is 2.31. The van der Waals surface area contributed by atoms with E-state index in [1.807, 2.05) is 74.5 Å². The van der Waals surface area contributed by atoms with Gasteiger partial charge in [-0.2, -0.15) is 8.75 Å². The van der Waals surface area contributed by atoms with Gasteiger partial charge in [-0.1, -0.05) is 42.0 Å². The van der Waals surface area contributed by atoms with Crippen molar-refractivity contribution < 1.29 is 9.53 Å². The number of H-pyrrole nitrogens is 1. The van der Waals surface area contributed by atoms with Gasteiger partial charge in [0.15, 0.2) is 0 Å². The van der Waals surface area contributed by atoms with Gasteiger partial charge in [-0.3, -0.25) is 4.98 Å². The van der Waals surface area contributed by atoms with Crippen molar-refractivity contribution in [2.45, 2.75) is 20.5 Å². The van der Waals surface area contributed by atoms with Gasteiger partial charge in [-0.15, -0.1) is 0 Å². The molecule has 5 aromatic rings. The standard InChI is InChI=1S/C26H21N5O2S/c1-16-6-8-18(9-7-16)10-13-24(32)33-15-23-28-25(19-11-12-20-22(14-19)31-34-30-20)26(29-23)21-5-3-4-17(2)27-21/h3-14H,15H2,1-2H3,(H,28,29)/b13-10+. The molecule has 1 N–H and O–H groups in total. The van der Waals surface area contributed by atoms with Gasteiger partial charge in [0.05, 0.1) is 28.8 Å². The molecular formula is C26H21N5O2S. The Kier molecular flexibility index (Phi) is 5.97. The van der Waals surface area contributed by atoms with Gasteiger partial charge in [-0.25, -0.2) is 9.78 Å². The number of nitrogens with zero attached hydrogens (tertiary/aromatic N) is 4. The summed E-state index contributed by atoms with van der Waals surface area (Å²) in [6.07, 6.45) is 3.15. The molecule has 0 saturated carbocycles. The maximum atomic E-state index is 12.3. The second-order valence-electron chi connectivity index (χ2n) is 7.89. The molecule has 0 spiro atoms. The lowest BCUT2D eigenvalue weighted by Crippen LogP contribution is -2.02. The maximum absolute atomic E-state index is 12.3. The largest absolute Gasteiger partial charge is 0.454 e. The molecule has 5 rings (SSSR count). The normalized spacial score (nSPS) is 11.4. The minimum atomic E-state index is -0.441. The van der Waals surface area contributed by atoms with Gasteiger partial charge >= 0.3 is 5.97 Å². The van der Waals surface area contributed by atoms with Crippen LogP contribution in [0.1, 0.15) is 22.6 Å². The van der Waals surface area contributed by atoms with Gasteiger partial charge in [0.2, 0.25) is 0 Å². The number of carbonyl (C=O) groups excluding carboxylic acids is 1. The first-order valence-electron chi connectivity index (χ1n) is 10.7. The number of benzene rings is 2. The Labute approximate surface area is 200 Å². The van der Waals surface area contributed by atoms with Crippen LogP contribution in [0.3, 0.4) is 0 Å². The van der Waals surface area contributed by atoms with Gasteiger partial charge in [-0.05, 0) is 49.8 Å². The van der Waals surface area contributed by atoms with E-state index < -0.39 is 5.97 Å². The van der Waals surface area contributed by atoms with Crippen molar-refractivity contribution in [3.8, 4) is 22.6 Å². The van der Waals surface area contributed by atoms with Gasteiger partial charge in [0.1, 0.15) is 23.5 Å². The summed E-state index contributed by atoms with van der Waals surface area (Å²) in [4.78, 5) is 24.9. The van der Waals surface area contributed by atoms with Crippen molar-refractivity contribution >= 4 is 34.8 Å². The summed E-state index contributed by atoms with van der Waals surface area (Å²) in [5.74, 6) is 0.0885. The summed E-state index contributed by atoms with van der Waals surface area (Å²) in [5, 5.41) is 0. The molecule has 0 radical (unpaired) electrons. The first-order valence-corrected chi connectivity index (χ1v) is 11.5. The molecule has 168 valence electrons. The van der Waals surface area contributed by atoms with E-state index in [2.05, 4.69) is 18.7 Å². The van der Waals surface area contributed by atoms with E-state index >= 15 is 0 Å². The van der Waals surface area contributed by atoms with Crippen molar-refractivity contribution in [1.29, 1.82) is 0 Å². The predicted molar refractivity (Wildman–Crippen MR) is 133 cm³/mol. The third-order valence-corrected chi connectivity index (χ3v) is 5.82. The molecule has 0 atom stereocenters. The van der Waals surface area contributed by atoms with E-state index in [0.29, 0.717) is 11.5 Å². The van der Waals surface area contributed by atoms with E-state index in [1.165, 1.54) is 17.8 Å². The van der Waals surface area contributed by atoms with Crippen molar-refractivity contribution in [3.05, 3.63) is 89.4 Å². The summed E-state index contributed by atoms with van der Waals surface area (Å²) < 4.78 is 14.0. The monoisotopic (exact) mass is 467 g/mol. The number of rotatable bonds is 6. The fraction of sp³-hybridized carbons (Fsp3) is 0.115. The van der Waals surface area contributed by atoms with E-state index in [4.69, 9.17) is 9.72 Å². The van der Waals surface area contributed by atoms with Crippen LogP contribution in [-0.2, 0) is 16.1 Å². The molecule has 0 aliphatic rings. The molecule has 34 heavy (non-hydrogen) atoms. The van der Waals surface area contributed by atoms with Crippen LogP contribution >= 0.6 is 11.7 Å². The lowest BCUT2D eigenvalue weighted by atomic mass is 10.1. The number of pyridine rings is 1. The van der Waals surface area contributed by atoms with Crippen LogP contribution in [0, 0.1) is 13.8 Å². The molecule has 0 aliphatic carbocycles. The van der Waals surface area contributed by atoms with E-state index in [9.17, 15) is 4.79 Å². The number of hydrogen-bond acceptors (Lipinski definition) is 7. The summed E-state index contributed by atoms with van der Waals surface area (Å²) in [6, 6.07) is 19.5. The Morgan fingerprint density at radius 1 is 1.00 bits per heavy atom. The Bertz CT molecular complexity index is 1500. The molecule has 0 saturated heterocycles. The van der Waals surface area contributed by atoms with Gasteiger partial charge < -0.3 is 9.72 Å². The fourth-order valence-electron chi connectivity index (χ4n) is 3.53. The lowest BCUT2D eigenvalue weighted by Gasteiger charge is -2.03. The molecular weight excluding hydrogens is 446 g/mol. The number of aromatic amines is 1. The highest BCUT2D eigenvalue weighted by Gasteiger charge is 2.17. The summed E-state index contributed by atoms with van der Waals surface area (Å²) in [7, 11) is 0. The molecule has 0 bridgehead atoms. The highest BCUT2D eigenvalue weighted by atomic mass is 32.1. The zero-order chi connectivity index (χ0) is 23.5. The zero-order valence-corrected chi connectivity index (χ0v) is 19.5. The van der Waals surface area contributed by atoms with Crippen LogP contribution < -0.4 is 0 Å². The van der Waals surface area contributed by atoms with Crippen LogP contribution in [0.2, 0.25) is 0 Å². The number of esters is 1. The van der Waals surface area contributed by atoms with E-state index in [0.717, 1.165) is 44.8 Å². The first-order chi connectivity index (χ1) is 16.5. The predicted octanol–water partition coefficient (Wildman–Crippen LogP) is 5.52. The third kappa shape index (κ3) is 4.77. The third-order valence-electron chi connectivity index (χ3n) is 5.26. The Balaban J connectivity index is 1.41. The number of aryl methyl sites for hydroxylation is 2. The molecule has 8 heteroatoms.